The van der Waals surface area contributed by atoms with Crippen LogP contribution in [0.1, 0.15) is 61.5 Å². The number of likely N-dealkylation sites (N-methyl/N-ethyl adjacent to an activating group) is 1. The molecule has 4 N–H and O–H groups in total. The zero-order chi connectivity index (χ0) is 26.2. The van der Waals surface area contributed by atoms with Crippen LogP contribution in [0.25, 0.3) is 0 Å². The van der Waals surface area contributed by atoms with Crippen molar-refractivity contribution in [3.63, 3.8) is 0 Å². The quantitative estimate of drug-likeness (QED) is 0.516. The summed E-state index contributed by atoms with van der Waals surface area (Å²) in [5.74, 6) is 0.569. The first-order valence-corrected chi connectivity index (χ1v) is 12.2. The molecule has 1 saturated heterocycles. The first-order valence-electron chi connectivity index (χ1n) is 12.2. The predicted molar refractivity (Wildman–Crippen MR) is 140 cm³/mol. The Morgan fingerprint density at radius 1 is 1.20 bits per heavy atom. The van der Waals surface area contributed by atoms with E-state index in [0.717, 1.165) is 42.0 Å². The lowest BCUT2D eigenvalue weighted by atomic mass is 10.1. The van der Waals surface area contributed by atoms with Gasteiger partial charge in [0.25, 0.3) is 5.91 Å². The number of anilines is 1. The van der Waals surface area contributed by atoms with Gasteiger partial charge in [0, 0.05) is 30.9 Å². The first-order chi connectivity index (χ1) is 16.9. The van der Waals surface area contributed by atoms with E-state index in [2.05, 4.69) is 10.6 Å². The second-order valence-corrected chi connectivity index (χ2v) is 7.79. The van der Waals surface area contributed by atoms with E-state index < -0.39 is 6.04 Å². The second kappa shape index (κ2) is 16.3. The summed E-state index contributed by atoms with van der Waals surface area (Å²) >= 11 is 0. The van der Waals surface area contributed by atoms with Crippen molar-refractivity contribution in [2.45, 2.75) is 59.5 Å². The Hall–Kier alpha value is -3.39. The van der Waals surface area contributed by atoms with Gasteiger partial charge >= 0.3 is 0 Å². The predicted octanol–water partition coefficient (Wildman–Crippen LogP) is 3.87. The van der Waals surface area contributed by atoms with Gasteiger partial charge in [0.1, 0.15) is 11.8 Å². The summed E-state index contributed by atoms with van der Waals surface area (Å²) < 4.78 is 5.20. The summed E-state index contributed by atoms with van der Waals surface area (Å²) in [6.07, 6.45) is 3.30. The molecule has 2 aromatic rings. The number of rotatable bonds is 7. The molecular weight excluding hydrogens is 444 g/mol. The van der Waals surface area contributed by atoms with E-state index in [-0.39, 0.29) is 11.8 Å². The van der Waals surface area contributed by atoms with E-state index in [9.17, 15) is 14.4 Å². The summed E-state index contributed by atoms with van der Waals surface area (Å²) in [7, 11) is 1.60. The zero-order valence-corrected chi connectivity index (χ0v) is 21.6. The van der Waals surface area contributed by atoms with Crippen LogP contribution in [0.4, 0.5) is 5.69 Å². The first kappa shape index (κ1) is 29.6. The normalized spacial score (nSPS) is 14.9. The molecule has 0 radical (unpaired) electrons. The molecule has 8 heteroatoms. The van der Waals surface area contributed by atoms with Gasteiger partial charge in [-0.1, -0.05) is 26.0 Å². The van der Waals surface area contributed by atoms with E-state index >= 15 is 0 Å². The number of nitrogens with two attached hydrogens (primary N) is 1. The molecule has 1 atom stereocenters. The molecule has 1 heterocycles. The average molecular weight is 485 g/mol. The maximum absolute atomic E-state index is 12.4. The summed E-state index contributed by atoms with van der Waals surface area (Å²) in [6.45, 7) is 9.82. The van der Waals surface area contributed by atoms with Crippen molar-refractivity contribution >= 4 is 23.9 Å². The van der Waals surface area contributed by atoms with Gasteiger partial charge in [0.2, 0.25) is 12.3 Å². The fraction of sp³-hybridized carbons (Fsp3) is 0.444. The Morgan fingerprint density at radius 2 is 1.94 bits per heavy atom. The van der Waals surface area contributed by atoms with Gasteiger partial charge in [-0.15, -0.1) is 0 Å². The molecule has 1 unspecified atom stereocenters. The molecule has 1 aliphatic heterocycles. The Kier molecular flexibility index (Phi) is 13.8. The fourth-order valence-corrected chi connectivity index (χ4v) is 3.67. The standard InChI is InChI=1S/C17H24N2O3.C8H10N2O.C2H6/c1-4-19-10-6-5-7-14(17(19)21)18-16(20)13-8-9-15(22-3)12(2)11-13;9-5-7-2-1-3-8(4-7)10-6-11;1-2/h8-9,11,14H,4-7,10H2,1-3H3,(H,18,20);1-4,6H,5,9H2,(H,10,11);1-2H3. The third-order valence-electron chi connectivity index (χ3n) is 5.51. The highest BCUT2D eigenvalue weighted by Gasteiger charge is 2.27. The van der Waals surface area contributed by atoms with Crippen molar-refractivity contribution in [3.8, 4) is 5.75 Å². The van der Waals surface area contributed by atoms with Crippen LogP contribution in [0, 0.1) is 6.92 Å². The summed E-state index contributed by atoms with van der Waals surface area (Å²) in [4.78, 5) is 36.6. The third kappa shape index (κ3) is 9.41. The van der Waals surface area contributed by atoms with E-state index in [0.29, 0.717) is 31.5 Å². The lowest BCUT2D eigenvalue weighted by molar-refractivity contribution is -0.132. The number of aryl methyl sites for hydroxylation is 1. The van der Waals surface area contributed by atoms with Gasteiger partial charge in [0.15, 0.2) is 0 Å². The number of hydrogen-bond donors (Lipinski definition) is 3. The van der Waals surface area contributed by atoms with Crippen LogP contribution in [-0.2, 0) is 16.1 Å². The van der Waals surface area contributed by atoms with E-state index in [1.54, 1.807) is 25.3 Å². The van der Waals surface area contributed by atoms with Gasteiger partial charge < -0.3 is 26.0 Å². The number of amides is 3. The molecule has 35 heavy (non-hydrogen) atoms. The molecule has 0 bridgehead atoms. The van der Waals surface area contributed by atoms with E-state index in [4.69, 9.17) is 10.5 Å². The number of methoxy groups -OCH3 is 1. The van der Waals surface area contributed by atoms with Gasteiger partial charge in [-0.05, 0) is 74.6 Å². The number of hydrogen-bond acceptors (Lipinski definition) is 5. The van der Waals surface area contributed by atoms with Crippen LogP contribution in [0.15, 0.2) is 42.5 Å². The molecule has 8 nitrogen and oxygen atoms in total. The van der Waals surface area contributed by atoms with Gasteiger partial charge in [-0.2, -0.15) is 0 Å². The van der Waals surface area contributed by atoms with Crippen LogP contribution in [-0.4, -0.2) is 49.4 Å². The highest BCUT2D eigenvalue weighted by atomic mass is 16.5. The molecule has 0 aliphatic carbocycles. The molecular formula is C27H40N4O4. The third-order valence-corrected chi connectivity index (χ3v) is 5.51. The van der Waals surface area contributed by atoms with Crippen LogP contribution >= 0.6 is 0 Å². The smallest absolute Gasteiger partial charge is 0.251 e. The second-order valence-electron chi connectivity index (χ2n) is 7.79. The van der Waals surface area contributed by atoms with E-state index in [1.807, 2.05) is 56.9 Å². The van der Waals surface area contributed by atoms with Gasteiger partial charge in [-0.25, -0.2) is 0 Å². The lowest BCUT2D eigenvalue weighted by Gasteiger charge is -2.23. The Balaban J connectivity index is 0.000000395. The fourth-order valence-electron chi connectivity index (χ4n) is 3.67. The van der Waals surface area contributed by atoms with Crippen molar-refractivity contribution in [1.82, 2.24) is 10.2 Å². The van der Waals surface area contributed by atoms with Crippen molar-refractivity contribution in [2.24, 2.45) is 5.73 Å². The Labute approximate surface area is 209 Å². The minimum atomic E-state index is -0.419. The summed E-state index contributed by atoms with van der Waals surface area (Å²) in [5.41, 5.74) is 8.64. The van der Waals surface area contributed by atoms with Gasteiger partial charge in [0.05, 0.1) is 7.11 Å². The maximum atomic E-state index is 12.4. The highest BCUT2D eigenvalue weighted by molar-refractivity contribution is 5.97. The summed E-state index contributed by atoms with van der Waals surface area (Å²) in [5, 5.41) is 5.43. The molecule has 0 aromatic heterocycles. The molecule has 2 aromatic carbocycles. The number of carbonyl (C=O) groups excluding carboxylic acids is 3. The molecule has 1 fully saturated rings. The largest absolute Gasteiger partial charge is 0.496 e. The SMILES string of the molecule is CC.CCN1CCCCC(NC(=O)c2ccc(OC)c(C)c2)C1=O.NCc1cccc(NC=O)c1. The van der Waals surface area contributed by atoms with Gasteiger partial charge in [-0.3, -0.25) is 14.4 Å². The maximum Gasteiger partial charge on any atom is 0.251 e. The molecule has 192 valence electrons. The molecule has 1 aliphatic rings. The Morgan fingerprint density at radius 3 is 2.54 bits per heavy atom. The number of ether oxygens (including phenoxy) is 1. The number of carbonyl (C=O) groups is 3. The minimum Gasteiger partial charge on any atom is -0.496 e. The summed E-state index contributed by atoms with van der Waals surface area (Å²) in [6, 6.07) is 12.3. The monoisotopic (exact) mass is 484 g/mol. The number of benzene rings is 2. The van der Waals surface area contributed by atoms with Crippen LogP contribution in [0.2, 0.25) is 0 Å². The van der Waals surface area contributed by atoms with Crippen molar-refractivity contribution in [1.29, 1.82) is 0 Å². The number of likely N-dealkylation sites (tertiary alicyclic amines) is 1. The van der Waals surface area contributed by atoms with Crippen LogP contribution in [0.3, 0.4) is 0 Å². The number of nitrogens with one attached hydrogen (secondary N) is 2. The van der Waals surface area contributed by atoms with Crippen molar-refractivity contribution < 1.29 is 19.1 Å². The van der Waals surface area contributed by atoms with Crippen molar-refractivity contribution in [3.05, 3.63) is 59.2 Å². The average Bonchev–Trinajstić information content (AvgIpc) is 3.06. The molecule has 0 saturated carbocycles. The minimum absolute atomic E-state index is 0.0265. The Bertz CT molecular complexity index is 949. The van der Waals surface area contributed by atoms with E-state index in [1.165, 1.54) is 0 Å². The zero-order valence-electron chi connectivity index (χ0n) is 21.6. The number of nitrogens with zero attached hydrogens (tertiary/aromatic N) is 1. The molecule has 0 spiro atoms. The molecule has 3 amide bonds. The van der Waals surface area contributed by atoms with Crippen LogP contribution < -0.4 is 21.1 Å². The van der Waals surface area contributed by atoms with Crippen LogP contribution in [0.5, 0.6) is 5.75 Å². The van der Waals surface area contributed by atoms with Crippen molar-refractivity contribution in [2.75, 3.05) is 25.5 Å². The molecule has 3 rings (SSSR count). The highest BCUT2D eigenvalue weighted by Crippen LogP contribution is 2.19. The topological polar surface area (TPSA) is 114 Å². The lowest BCUT2D eigenvalue weighted by Crippen LogP contribution is -2.47.